The standard InChI is InChI=1S/C13H13NO3/c1-16-12(15)8-7-11-9-17-13(14-11)10-5-3-2-4-6-10/h2-8,11H,9H2,1H3/t11-/m1/s1. The Bertz CT molecular complexity index is 451. The van der Waals surface area contributed by atoms with Gasteiger partial charge in [0.1, 0.15) is 12.6 Å². The first-order valence-corrected chi connectivity index (χ1v) is 5.32. The van der Waals surface area contributed by atoms with Gasteiger partial charge < -0.3 is 9.47 Å². The molecule has 1 atom stereocenters. The molecule has 0 saturated carbocycles. The molecule has 1 aromatic carbocycles. The molecule has 0 fully saturated rings. The number of esters is 1. The minimum atomic E-state index is -0.381. The van der Waals surface area contributed by atoms with Crippen LogP contribution in [0.15, 0.2) is 47.5 Å². The predicted octanol–water partition coefficient (Wildman–Crippen LogP) is 1.56. The maximum Gasteiger partial charge on any atom is 0.330 e. The van der Waals surface area contributed by atoms with Crippen molar-refractivity contribution in [1.29, 1.82) is 0 Å². The van der Waals surface area contributed by atoms with Gasteiger partial charge in [0.2, 0.25) is 5.90 Å². The molecule has 1 aromatic rings. The molecule has 4 heteroatoms. The van der Waals surface area contributed by atoms with Crippen LogP contribution in [0, 0.1) is 0 Å². The number of aliphatic imine (C=N–C) groups is 1. The van der Waals surface area contributed by atoms with Crippen LogP contribution in [0.3, 0.4) is 0 Å². The van der Waals surface area contributed by atoms with Crippen molar-refractivity contribution < 1.29 is 14.3 Å². The van der Waals surface area contributed by atoms with Gasteiger partial charge in [0.15, 0.2) is 0 Å². The largest absolute Gasteiger partial charge is 0.475 e. The second kappa shape index (κ2) is 5.30. The molecule has 0 radical (unpaired) electrons. The highest BCUT2D eigenvalue weighted by molar-refractivity contribution is 5.95. The van der Waals surface area contributed by atoms with Crippen molar-refractivity contribution in [3.63, 3.8) is 0 Å². The fraction of sp³-hybridized carbons (Fsp3) is 0.231. The van der Waals surface area contributed by atoms with E-state index < -0.39 is 0 Å². The van der Waals surface area contributed by atoms with Crippen LogP contribution in [0.25, 0.3) is 0 Å². The molecule has 1 heterocycles. The van der Waals surface area contributed by atoms with E-state index in [9.17, 15) is 4.79 Å². The van der Waals surface area contributed by atoms with Gasteiger partial charge in [0, 0.05) is 11.6 Å². The molecule has 0 unspecified atom stereocenters. The molecule has 1 aliphatic rings. The van der Waals surface area contributed by atoms with E-state index >= 15 is 0 Å². The SMILES string of the molecule is COC(=O)C=C[C@@H]1COC(c2ccccc2)=N1. The van der Waals surface area contributed by atoms with Gasteiger partial charge in [-0.05, 0) is 18.2 Å². The Morgan fingerprint density at radius 3 is 2.94 bits per heavy atom. The van der Waals surface area contributed by atoms with Crippen LogP contribution in [-0.4, -0.2) is 31.6 Å². The summed E-state index contributed by atoms with van der Waals surface area (Å²) in [6.07, 6.45) is 3.05. The molecule has 0 N–H and O–H groups in total. The van der Waals surface area contributed by atoms with Crippen LogP contribution >= 0.6 is 0 Å². The number of nitrogens with zero attached hydrogens (tertiary/aromatic N) is 1. The van der Waals surface area contributed by atoms with E-state index in [0.29, 0.717) is 12.5 Å². The number of ether oxygens (including phenoxy) is 2. The van der Waals surface area contributed by atoms with Crippen LogP contribution in [0.4, 0.5) is 0 Å². The third-order valence-corrected chi connectivity index (χ3v) is 2.35. The highest BCUT2D eigenvalue weighted by Crippen LogP contribution is 2.12. The first-order valence-electron chi connectivity index (χ1n) is 5.32. The molecule has 0 amide bonds. The third kappa shape index (κ3) is 2.93. The van der Waals surface area contributed by atoms with Gasteiger partial charge in [-0.1, -0.05) is 18.2 Å². The summed E-state index contributed by atoms with van der Waals surface area (Å²) < 4.78 is 9.97. The minimum absolute atomic E-state index is 0.121. The van der Waals surface area contributed by atoms with Gasteiger partial charge in [0.05, 0.1) is 7.11 Å². The van der Waals surface area contributed by atoms with Crippen LogP contribution in [-0.2, 0) is 14.3 Å². The zero-order valence-corrected chi connectivity index (χ0v) is 9.50. The molecule has 1 aliphatic heterocycles. The van der Waals surface area contributed by atoms with Gasteiger partial charge >= 0.3 is 5.97 Å². The van der Waals surface area contributed by atoms with Crippen LogP contribution in [0.5, 0.6) is 0 Å². The van der Waals surface area contributed by atoms with Crippen molar-refractivity contribution in [3.8, 4) is 0 Å². The number of rotatable bonds is 3. The van der Waals surface area contributed by atoms with Crippen molar-refractivity contribution in [3.05, 3.63) is 48.0 Å². The quantitative estimate of drug-likeness (QED) is 0.586. The van der Waals surface area contributed by atoms with Crippen molar-refractivity contribution in [2.45, 2.75) is 6.04 Å². The molecule has 0 spiro atoms. The monoisotopic (exact) mass is 231 g/mol. The topological polar surface area (TPSA) is 47.9 Å². The summed E-state index contributed by atoms with van der Waals surface area (Å²) in [6, 6.07) is 9.55. The van der Waals surface area contributed by atoms with E-state index in [2.05, 4.69) is 9.73 Å². The van der Waals surface area contributed by atoms with Crippen molar-refractivity contribution in [1.82, 2.24) is 0 Å². The lowest BCUT2D eigenvalue weighted by Crippen LogP contribution is -2.04. The second-order valence-corrected chi connectivity index (χ2v) is 3.56. The van der Waals surface area contributed by atoms with E-state index in [0.717, 1.165) is 5.56 Å². The Kier molecular flexibility index (Phi) is 3.55. The number of hydrogen-bond acceptors (Lipinski definition) is 4. The summed E-state index contributed by atoms with van der Waals surface area (Å²) in [6.45, 7) is 0.456. The molecular weight excluding hydrogens is 218 g/mol. The normalized spacial score (nSPS) is 18.9. The number of hydrogen-bond donors (Lipinski definition) is 0. The fourth-order valence-electron chi connectivity index (χ4n) is 1.48. The first-order chi connectivity index (χ1) is 8.29. The molecule has 17 heavy (non-hydrogen) atoms. The summed E-state index contributed by atoms with van der Waals surface area (Å²) in [5.41, 5.74) is 0.946. The van der Waals surface area contributed by atoms with Gasteiger partial charge in [-0.25, -0.2) is 9.79 Å². The molecule has 0 bridgehead atoms. The second-order valence-electron chi connectivity index (χ2n) is 3.56. The first kappa shape index (κ1) is 11.4. The van der Waals surface area contributed by atoms with E-state index in [1.54, 1.807) is 6.08 Å². The van der Waals surface area contributed by atoms with Gasteiger partial charge in [-0.3, -0.25) is 0 Å². The molecular formula is C13H13NO3. The lowest BCUT2D eigenvalue weighted by Gasteiger charge is -1.99. The van der Waals surface area contributed by atoms with Crippen molar-refractivity contribution in [2.75, 3.05) is 13.7 Å². The smallest absolute Gasteiger partial charge is 0.330 e. The Morgan fingerprint density at radius 1 is 1.47 bits per heavy atom. The summed E-state index contributed by atoms with van der Waals surface area (Å²) >= 11 is 0. The van der Waals surface area contributed by atoms with Gasteiger partial charge in [-0.15, -0.1) is 0 Å². The summed E-state index contributed by atoms with van der Waals surface area (Å²) in [7, 11) is 1.34. The number of methoxy groups -OCH3 is 1. The van der Waals surface area contributed by atoms with Gasteiger partial charge in [-0.2, -0.15) is 0 Å². The zero-order valence-electron chi connectivity index (χ0n) is 9.50. The van der Waals surface area contributed by atoms with Crippen molar-refractivity contribution >= 4 is 11.9 Å². The summed E-state index contributed by atoms with van der Waals surface area (Å²) in [4.78, 5) is 15.3. The Labute approximate surface area is 99.6 Å². The molecule has 0 saturated heterocycles. The van der Waals surface area contributed by atoms with Crippen LogP contribution < -0.4 is 0 Å². The minimum Gasteiger partial charge on any atom is -0.475 e. The predicted molar refractivity (Wildman–Crippen MR) is 63.9 cm³/mol. The van der Waals surface area contributed by atoms with Crippen molar-refractivity contribution in [2.24, 2.45) is 4.99 Å². The fourth-order valence-corrected chi connectivity index (χ4v) is 1.48. The molecule has 0 aromatic heterocycles. The Balaban J connectivity index is 2.04. The molecule has 88 valence electrons. The number of benzene rings is 1. The zero-order chi connectivity index (χ0) is 12.1. The van der Waals surface area contributed by atoms with E-state index in [1.165, 1.54) is 13.2 Å². The van der Waals surface area contributed by atoms with Crippen LogP contribution in [0.2, 0.25) is 0 Å². The summed E-state index contributed by atoms with van der Waals surface area (Å²) in [5.74, 6) is 0.235. The van der Waals surface area contributed by atoms with E-state index in [-0.39, 0.29) is 12.0 Å². The molecule has 0 aliphatic carbocycles. The third-order valence-electron chi connectivity index (χ3n) is 2.35. The summed E-state index contributed by atoms with van der Waals surface area (Å²) in [5, 5.41) is 0. The average Bonchev–Trinajstić information content (AvgIpc) is 2.86. The number of carbonyl (C=O) groups is 1. The van der Waals surface area contributed by atoms with E-state index in [4.69, 9.17) is 4.74 Å². The van der Waals surface area contributed by atoms with E-state index in [1.807, 2.05) is 30.3 Å². The Hall–Kier alpha value is -2.10. The highest BCUT2D eigenvalue weighted by Gasteiger charge is 2.17. The maximum absolute atomic E-state index is 10.9. The molecule has 4 nitrogen and oxygen atoms in total. The maximum atomic E-state index is 10.9. The lowest BCUT2D eigenvalue weighted by atomic mass is 10.2. The lowest BCUT2D eigenvalue weighted by molar-refractivity contribution is -0.134. The van der Waals surface area contributed by atoms with Gasteiger partial charge in [0.25, 0.3) is 0 Å². The average molecular weight is 231 g/mol. The highest BCUT2D eigenvalue weighted by atomic mass is 16.5. The Morgan fingerprint density at radius 2 is 2.24 bits per heavy atom. The molecule has 2 rings (SSSR count). The number of carbonyl (C=O) groups excluding carboxylic acids is 1. The van der Waals surface area contributed by atoms with Crippen LogP contribution in [0.1, 0.15) is 5.56 Å².